The molecule has 0 aliphatic heterocycles. The van der Waals surface area contributed by atoms with Crippen molar-refractivity contribution >= 4 is 6.29 Å². The highest BCUT2D eigenvalue weighted by Crippen LogP contribution is 2.32. The molecule has 0 aliphatic rings. The highest BCUT2D eigenvalue weighted by molar-refractivity contribution is 5.70. The zero-order valence-electron chi connectivity index (χ0n) is 12.4. The molecule has 0 atom stereocenters. The third kappa shape index (κ3) is 3.29. The minimum absolute atomic E-state index is 0.0140. The summed E-state index contributed by atoms with van der Waals surface area (Å²) in [5.41, 5.74) is 2.33. The van der Waals surface area contributed by atoms with E-state index in [1.54, 1.807) is 12.1 Å². The van der Waals surface area contributed by atoms with Gasteiger partial charge < -0.3 is 9.15 Å². The van der Waals surface area contributed by atoms with Crippen LogP contribution in [0.5, 0.6) is 5.75 Å². The number of hydrogen-bond donors (Lipinski definition) is 0. The van der Waals surface area contributed by atoms with Gasteiger partial charge in [0, 0.05) is 0 Å². The normalized spacial score (nSPS) is 11.4. The standard InChI is InChI=1S/C17H20O3/c1-12-5-8-15(17(2,3)4)16(9-12)19-11-14-7-6-13(10-18)20-14/h5-10H,11H2,1-4H3. The molecule has 0 N–H and O–H groups in total. The van der Waals surface area contributed by atoms with Crippen molar-refractivity contribution in [3.63, 3.8) is 0 Å². The fourth-order valence-electron chi connectivity index (χ4n) is 2.05. The molecule has 0 fully saturated rings. The van der Waals surface area contributed by atoms with Crippen LogP contribution in [0.4, 0.5) is 0 Å². The summed E-state index contributed by atoms with van der Waals surface area (Å²) >= 11 is 0. The number of aryl methyl sites for hydroxylation is 1. The van der Waals surface area contributed by atoms with E-state index in [1.807, 2.05) is 13.0 Å². The average molecular weight is 272 g/mol. The lowest BCUT2D eigenvalue weighted by Gasteiger charge is -2.23. The van der Waals surface area contributed by atoms with Gasteiger partial charge in [0.05, 0.1) is 0 Å². The number of furan rings is 1. The molecule has 0 saturated carbocycles. The van der Waals surface area contributed by atoms with Gasteiger partial charge in [-0.1, -0.05) is 32.9 Å². The SMILES string of the molecule is Cc1ccc(C(C)(C)C)c(OCc2ccc(C=O)o2)c1. The van der Waals surface area contributed by atoms with E-state index >= 15 is 0 Å². The van der Waals surface area contributed by atoms with Crippen LogP contribution in [-0.2, 0) is 12.0 Å². The summed E-state index contributed by atoms with van der Waals surface area (Å²) in [6.45, 7) is 8.82. The van der Waals surface area contributed by atoms with Gasteiger partial charge in [-0.3, -0.25) is 4.79 Å². The molecule has 1 aromatic carbocycles. The molecule has 1 aromatic heterocycles. The minimum atomic E-state index is 0.0140. The van der Waals surface area contributed by atoms with E-state index in [0.717, 1.165) is 16.9 Å². The lowest BCUT2D eigenvalue weighted by Crippen LogP contribution is -2.13. The Hall–Kier alpha value is -2.03. The Kier molecular flexibility index (Phi) is 3.98. The summed E-state index contributed by atoms with van der Waals surface area (Å²) in [6.07, 6.45) is 0.691. The van der Waals surface area contributed by atoms with Crippen LogP contribution in [0.2, 0.25) is 0 Å². The first kappa shape index (κ1) is 14.4. The van der Waals surface area contributed by atoms with Crippen LogP contribution in [0.25, 0.3) is 0 Å². The monoisotopic (exact) mass is 272 g/mol. The maximum atomic E-state index is 10.6. The second-order valence-corrected chi connectivity index (χ2v) is 5.96. The Morgan fingerprint density at radius 1 is 1.20 bits per heavy atom. The fourth-order valence-corrected chi connectivity index (χ4v) is 2.05. The molecule has 0 radical (unpaired) electrons. The molecule has 2 rings (SSSR count). The number of aldehydes is 1. The van der Waals surface area contributed by atoms with Crippen LogP contribution in [0, 0.1) is 6.92 Å². The molecule has 3 nitrogen and oxygen atoms in total. The predicted octanol–water partition coefficient (Wildman–Crippen LogP) is 4.28. The number of carbonyl (C=O) groups excluding carboxylic acids is 1. The molecule has 2 aromatic rings. The van der Waals surface area contributed by atoms with Crippen LogP contribution < -0.4 is 4.74 Å². The summed E-state index contributed by atoms with van der Waals surface area (Å²) in [5, 5.41) is 0. The van der Waals surface area contributed by atoms with E-state index in [2.05, 4.69) is 32.9 Å². The molecule has 0 saturated heterocycles. The Labute approximate surface area is 119 Å². The first-order chi connectivity index (χ1) is 9.40. The van der Waals surface area contributed by atoms with Crippen molar-refractivity contribution in [3.05, 3.63) is 53.0 Å². The van der Waals surface area contributed by atoms with E-state index in [-0.39, 0.29) is 5.41 Å². The van der Waals surface area contributed by atoms with E-state index in [9.17, 15) is 4.79 Å². The van der Waals surface area contributed by atoms with Gasteiger partial charge in [0.25, 0.3) is 0 Å². The highest BCUT2D eigenvalue weighted by atomic mass is 16.5. The molecule has 0 spiro atoms. The van der Waals surface area contributed by atoms with Crippen molar-refractivity contribution in [2.75, 3.05) is 0 Å². The maximum Gasteiger partial charge on any atom is 0.185 e. The van der Waals surface area contributed by atoms with Crippen LogP contribution >= 0.6 is 0 Å². The lowest BCUT2D eigenvalue weighted by atomic mass is 9.86. The van der Waals surface area contributed by atoms with Crippen molar-refractivity contribution < 1.29 is 13.9 Å². The van der Waals surface area contributed by atoms with Gasteiger partial charge >= 0.3 is 0 Å². The van der Waals surface area contributed by atoms with Crippen LogP contribution in [-0.4, -0.2) is 6.29 Å². The van der Waals surface area contributed by atoms with Gasteiger partial charge in [0.15, 0.2) is 12.0 Å². The van der Waals surface area contributed by atoms with Crippen LogP contribution in [0.1, 0.15) is 48.2 Å². The van der Waals surface area contributed by atoms with Gasteiger partial charge in [0.1, 0.15) is 18.1 Å². The molecular formula is C17H20O3. The summed E-state index contributed by atoms with van der Waals surface area (Å²) in [5.74, 6) is 1.83. The van der Waals surface area contributed by atoms with Crippen molar-refractivity contribution in [2.45, 2.75) is 39.7 Å². The minimum Gasteiger partial charge on any atom is -0.485 e. The molecule has 0 unspecified atom stereocenters. The van der Waals surface area contributed by atoms with Crippen molar-refractivity contribution in [1.29, 1.82) is 0 Å². The van der Waals surface area contributed by atoms with E-state index in [1.165, 1.54) is 0 Å². The second-order valence-electron chi connectivity index (χ2n) is 5.96. The zero-order valence-corrected chi connectivity index (χ0v) is 12.4. The Morgan fingerprint density at radius 2 is 1.95 bits per heavy atom. The smallest absolute Gasteiger partial charge is 0.185 e. The van der Waals surface area contributed by atoms with Crippen LogP contribution in [0.3, 0.4) is 0 Å². The predicted molar refractivity (Wildman–Crippen MR) is 78.3 cm³/mol. The number of hydrogen-bond acceptors (Lipinski definition) is 3. The third-order valence-corrected chi connectivity index (χ3v) is 3.11. The molecule has 0 aliphatic carbocycles. The van der Waals surface area contributed by atoms with Crippen molar-refractivity contribution in [1.82, 2.24) is 0 Å². The molecule has 0 amide bonds. The van der Waals surface area contributed by atoms with Gasteiger partial charge in [0.2, 0.25) is 0 Å². The first-order valence-corrected chi connectivity index (χ1v) is 6.68. The van der Waals surface area contributed by atoms with E-state index in [0.29, 0.717) is 24.4 Å². The summed E-state index contributed by atoms with van der Waals surface area (Å²) in [7, 11) is 0. The van der Waals surface area contributed by atoms with E-state index in [4.69, 9.17) is 9.15 Å². The lowest BCUT2D eigenvalue weighted by molar-refractivity contribution is 0.109. The second kappa shape index (κ2) is 5.53. The third-order valence-electron chi connectivity index (χ3n) is 3.11. The molecule has 1 heterocycles. The highest BCUT2D eigenvalue weighted by Gasteiger charge is 2.19. The van der Waals surface area contributed by atoms with Crippen molar-refractivity contribution in [3.8, 4) is 5.75 Å². The summed E-state index contributed by atoms with van der Waals surface area (Å²) in [4.78, 5) is 10.6. The average Bonchev–Trinajstić information content (AvgIpc) is 2.83. The number of rotatable bonds is 4. The number of carbonyl (C=O) groups is 1. The molecule has 106 valence electrons. The summed E-state index contributed by atoms with van der Waals surface area (Å²) < 4.78 is 11.2. The van der Waals surface area contributed by atoms with E-state index < -0.39 is 0 Å². The van der Waals surface area contributed by atoms with Gasteiger partial charge in [-0.05, 0) is 41.7 Å². The zero-order chi connectivity index (χ0) is 14.8. The molecular weight excluding hydrogens is 252 g/mol. The summed E-state index contributed by atoms with van der Waals surface area (Å²) in [6, 6.07) is 9.63. The van der Waals surface area contributed by atoms with Gasteiger partial charge in [-0.2, -0.15) is 0 Å². The molecule has 20 heavy (non-hydrogen) atoms. The molecule has 0 bridgehead atoms. The first-order valence-electron chi connectivity index (χ1n) is 6.68. The van der Waals surface area contributed by atoms with Crippen molar-refractivity contribution in [2.24, 2.45) is 0 Å². The fraction of sp³-hybridized carbons (Fsp3) is 0.353. The van der Waals surface area contributed by atoms with Gasteiger partial charge in [-0.15, -0.1) is 0 Å². The van der Waals surface area contributed by atoms with Crippen LogP contribution in [0.15, 0.2) is 34.7 Å². The Balaban J connectivity index is 2.20. The Morgan fingerprint density at radius 3 is 2.55 bits per heavy atom. The largest absolute Gasteiger partial charge is 0.485 e. The maximum absolute atomic E-state index is 10.6. The Bertz CT molecular complexity index is 603. The van der Waals surface area contributed by atoms with Gasteiger partial charge in [-0.25, -0.2) is 0 Å². The number of benzene rings is 1. The number of ether oxygens (including phenoxy) is 1. The topological polar surface area (TPSA) is 39.4 Å². The quantitative estimate of drug-likeness (QED) is 0.780. The molecule has 3 heteroatoms.